The fraction of sp³-hybridized carbons (Fsp3) is 0.864. The summed E-state index contributed by atoms with van der Waals surface area (Å²) in [5, 5.41) is 16.1. The van der Waals surface area contributed by atoms with Gasteiger partial charge in [0.2, 0.25) is 17.7 Å². The number of rotatable bonds is 7. The minimum absolute atomic E-state index is 0.0827. The molecule has 0 radical (unpaired) electrons. The van der Waals surface area contributed by atoms with Crippen molar-refractivity contribution in [3.8, 4) is 0 Å². The van der Waals surface area contributed by atoms with Crippen molar-refractivity contribution in [2.45, 2.75) is 94.3 Å². The maximum absolute atomic E-state index is 13.8. The van der Waals surface area contributed by atoms with Crippen LogP contribution in [0.25, 0.3) is 0 Å². The molecule has 8 heteroatoms. The predicted octanol–water partition coefficient (Wildman–Crippen LogP) is 1.68. The topological polar surface area (TPSA) is 98.7 Å². The maximum Gasteiger partial charge on any atom is 0.244 e. The lowest BCUT2D eigenvalue weighted by Gasteiger charge is -2.38. The van der Waals surface area contributed by atoms with Crippen LogP contribution < -0.4 is 10.6 Å². The normalized spacial score (nSPS) is 36.0. The number of aliphatic hydroxyl groups excluding tert-OH is 1. The Morgan fingerprint density at radius 3 is 2.47 bits per heavy atom. The Morgan fingerprint density at radius 1 is 1.27 bits per heavy atom. The van der Waals surface area contributed by atoms with Gasteiger partial charge < -0.3 is 20.6 Å². The van der Waals surface area contributed by atoms with E-state index >= 15 is 0 Å². The highest BCUT2D eigenvalue weighted by molar-refractivity contribution is 8.02. The number of carbonyl (C=O) groups excluding carboxylic acids is 3. The van der Waals surface area contributed by atoms with Crippen LogP contribution in [0.5, 0.6) is 0 Å². The van der Waals surface area contributed by atoms with Gasteiger partial charge in [-0.2, -0.15) is 0 Å². The Bertz CT molecular complexity index is 720. The van der Waals surface area contributed by atoms with Gasteiger partial charge in [0, 0.05) is 16.8 Å². The van der Waals surface area contributed by atoms with Gasteiger partial charge in [0.05, 0.1) is 29.2 Å². The molecule has 3 N–H and O–H groups in total. The van der Waals surface area contributed by atoms with E-state index in [1.54, 1.807) is 16.7 Å². The standard InChI is InChI=1S/C22H37N3O4S/c1-7-11-23-17(27)14-15-19(29)25(13(8-2)12-26)16(18(28)24-20(3,4)5)22(15)10-9-21(14,6)30-22/h13-16,26H,7-12H2,1-6H3,(H,23,27)(H,24,28)/t13-,14+,15-,16?,21-,22?/m0/s1. The lowest BCUT2D eigenvalue weighted by atomic mass is 9.66. The van der Waals surface area contributed by atoms with E-state index in [1.165, 1.54) is 0 Å². The van der Waals surface area contributed by atoms with Crippen LogP contribution in [0.2, 0.25) is 0 Å². The molecule has 1 spiro atoms. The van der Waals surface area contributed by atoms with Gasteiger partial charge in [-0.15, -0.1) is 11.8 Å². The van der Waals surface area contributed by atoms with Gasteiger partial charge in [-0.25, -0.2) is 0 Å². The molecule has 7 nitrogen and oxygen atoms in total. The Hall–Kier alpha value is -1.28. The first-order valence-electron chi connectivity index (χ1n) is 11.2. The van der Waals surface area contributed by atoms with Crippen molar-refractivity contribution in [3.63, 3.8) is 0 Å². The molecule has 2 bridgehead atoms. The first kappa shape index (κ1) is 23.4. The van der Waals surface area contributed by atoms with Gasteiger partial charge in [0.25, 0.3) is 0 Å². The van der Waals surface area contributed by atoms with Crippen LogP contribution in [-0.2, 0) is 14.4 Å². The summed E-state index contributed by atoms with van der Waals surface area (Å²) >= 11 is 1.66. The van der Waals surface area contributed by atoms with Crippen LogP contribution >= 0.6 is 11.8 Å². The van der Waals surface area contributed by atoms with Crippen LogP contribution in [0.15, 0.2) is 0 Å². The molecule has 0 aliphatic carbocycles. The highest BCUT2D eigenvalue weighted by Gasteiger charge is 2.77. The Labute approximate surface area is 184 Å². The summed E-state index contributed by atoms with van der Waals surface area (Å²) in [6.45, 7) is 12.1. The summed E-state index contributed by atoms with van der Waals surface area (Å²) in [6.07, 6.45) is 2.91. The minimum Gasteiger partial charge on any atom is -0.394 e. The van der Waals surface area contributed by atoms with Crippen molar-refractivity contribution in [2.75, 3.05) is 13.2 Å². The zero-order chi connectivity index (χ0) is 22.5. The number of nitrogens with one attached hydrogen (secondary N) is 2. The van der Waals surface area contributed by atoms with E-state index in [4.69, 9.17) is 0 Å². The smallest absolute Gasteiger partial charge is 0.244 e. The molecule has 3 aliphatic rings. The second-order valence-electron chi connectivity index (χ2n) is 10.2. The van der Waals surface area contributed by atoms with Crippen LogP contribution in [0.3, 0.4) is 0 Å². The van der Waals surface area contributed by atoms with Crippen LogP contribution in [0, 0.1) is 11.8 Å². The van der Waals surface area contributed by atoms with E-state index in [9.17, 15) is 19.5 Å². The zero-order valence-electron chi connectivity index (χ0n) is 19.1. The molecule has 2 unspecified atom stereocenters. The van der Waals surface area contributed by atoms with Gasteiger partial charge >= 0.3 is 0 Å². The molecule has 0 aromatic heterocycles. The average molecular weight is 440 g/mol. The fourth-order valence-electron chi connectivity index (χ4n) is 5.67. The molecule has 3 amide bonds. The average Bonchev–Trinajstić information content (AvgIpc) is 3.21. The molecule has 3 heterocycles. The number of carbonyl (C=O) groups is 3. The van der Waals surface area contributed by atoms with Crippen LogP contribution in [-0.4, -0.2) is 68.0 Å². The summed E-state index contributed by atoms with van der Waals surface area (Å²) in [4.78, 5) is 42.1. The van der Waals surface area contributed by atoms with Crippen molar-refractivity contribution in [2.24, 2.45) is 11.8 Å². The van der Waals surface area contributed by atoms with Gasteiger partial charge in [0.15, 0.2) is 0 Å². The molecular formula is C22H37N3O4S. The van der Waals surface area contributed by atoms with E-state index in [1.807, 2.05) is 34.6 Å². The number of likely N-dealkylation sites (tertiary alicyclic amines) is 1. The Kier molecular flexibility index (Phi) is 6.24. The molecule has 6 atom stereocenters. The zero-order valence-corrected chi connectivity index (χ0v) is 19.9. The number of aliphatic hydroxyl groups is 1. The highest BCUT2D eigenvalue weighted by atomic mass is 32.2. The fourth-order valence-corrected chi connectivity index (χ4v) is 8.01. The van der Waals surface area contributed by atoms with Crippen LogP contribution in [0.4, 0.5) is 0 Å². The van der Waals surface area contributed by atoms with E-state index in [0.29, 0.717) is 13.0 Å². The largest absolute Gasteiger partial charge is 0.394 e. The van der Waals surface area contributed by atoms with Gasteiger partial charge in [-0.3, -0.25) is 14.4 Å². The summed E-state index contributed by atoms with van der Waals surface area (Å²) in [6, 6.07) is -1.11. The van der Waals surface area contributed by atoms with E-state index in [-0.39, 0.29) is 29.1 Å². The van der Waals surface area contributed by atoms with Crippen molar-refractivity contribution in [3.05, 3.63) is 0 Å². The summed E-state index contributed by atoms with van der Waals surface area (Å²) in [5.74, 6) is -1.41. The third kappa shape index (κ3) is 3.53. The second kappa shape index (κ2) is 8.01. The second-order valence-corrected chi connectivity index (χ2v) is 12.1. The summed E-state index contributed by atoms with van der Waals surface area (Å²) < 4.78 is -0.983. The lowest BCUT2D eigenvalue weighted by molar-refractivity contribution is -0.143. The minimum atomic E-state index is -0.679. The SMILES string of the molecule is CCCNC(=O)[C@H]1[C@H]2C(=O)N([C@@H](CC)CO)C(C(=O)NC(C)(C)C)C23CC[C@]1(C)S3. The molecule has 170 valence electrons. The van der Waals surface area contributed by atoms with Gasteiger partial charge in [-0.05, 0) is 53.4 Å². The van der Waals surface area contributed by atoms with Crippen molar-refractivity contribution >= 4 is 29.5 Å². The Morgan fingerprint density at radius 2 is 1.93 bits per heavy atom. The summed E-state index contributed by atoms with van der Waals surface area (Å²) in [5.41, 5.74) is -0.440. The number of thioether (sulfide) groups is 1. The predicted molar refractivity (Wildman–Crippen MR) is 118 cm³/mol. The monoisotopic (exact) mass is 439 g/mol. The quantitative estimate of drug-likeness (QED) is 0.561. The van der Waals surface area contributed by atoms with Crippen molar-refractivity contribution in [1.29, 1.82) is 0 Å². The number of fused-ring (bicyclic) bond motifs is 1. The lowest BCUT2D eigenvalue weighted by Crippen LogP contribution is -2.59. The first-order valence-corrected chi connectivity index (χ1v) is 12.0. The molecule has 0 aromatic rings. The molecular weight excluding hydrogens is 402 g/mol. The highest BCUT2D eigenvalue weighted by Crippen LogP contribution is 2.71. The number of hydrogen-bond acceptors (Lipinski definition) is 5. The van der Waals surface area contributed by atoms with Gasteiger partial charge in [-0.1, -0.05) is 13.8 Å². The molecule has 30 heavy (non-hydrogen) atoms. The molecule has 0 aromatic carbocycles. The van der Waals surface area contributed by atoms with E-state index in [2.05, 4.69) is 17.6 Å². The van der Waals surface area contributed by atoms with E-state index in [0.717, 1.165) is 19.3 Å². The third-order valence-electron chi connectivity index (χ3n) is 6.87. The van der Waals surface area contributed by atoms with Crippen molar-refractivity contribution < 1.29 is 19.5 Å². The van der Waals surface area contributed by atoms with Crippen LogP contribution in [0.1, 0.15) is 67.2 Å². The number of nitrogens with zero attached hydrogens (tertiary/aromatic N) is 1. The number of hydrogen-bond donors (Lipinski definition) is 3. The summed E-state index contributed by atoms with van der Waals surface area (Å²) in [7, 11) is 0. The maximum atomic E-state index is 13.8. The third-order valence-corrected chi connectivity index (χ3v) is 8.85. The molecule has 3 rings (SSSR count). The molecule has 0 saturated carbocycles. The van der Waals surface area contributed by atoms with E-state index < -0.39 is 34.2 Å². The Balaban J connectivity index is 2.07. The molecule has 3 fully saturated rings. The first-order chi connectivity index (χ1) is 14.0. The van der Waals surface area contributed by atoms with Gasteiger partial charge in [0.1, 0.15) is 6.04 Å². The van der Waals surface area contributed by atoms with Crippen molar-refractivity contribution in [1.82, 2.24) is 15.5 Å². The number of amides is 3. The molecule has 3 aliphatic heterocycles. The molecule has 3 saturated heterocycles.